The monoisotopic (exact) mass is 307 g/mol. The van der Waals surface area contributed by atoms with Crippen LogP contribution in [-0.4, -0.2) is 4.98 Å². The Hall–Kier alpha value is -1.26. The predicted molar refractivity (Wildman–Crippen MR) is 72.7 cm³/mol. The van der Waals surface area contributed by atoms with Crippen molar-refractivity contribution in [2.24, 2.45) is 0 Å². The number of para-hydroxylation sites is 1. The number of halogens is 2. The molecule has 2 aromatic carbocycles. The van der Waals surface area contributed by atoms with Gasteiger partial charge in [-0.1, -0.05) is 12.1 Å². The minimum atomic E-state index is -0.255. The van der Waals surface area contributed by atoms with Gasteiger partial charge in [0.2, 0.25) is 0 Å². The molecule has 0 N–H and O–H groups in total. The lowest BCUT2D eigenvalue weighted by Gasteiger charge is -1.97. The Morgan fingerprint density at radius 2 is 1.94 bits per heavy atom. The fourth-order valence-electron chi connectivity index (χ4n) is 1.62. The molecule has 0 spiro atoms. The molecule has 3 rings (SSSR count). The molecule has 1 nitrogen and oxygen atoms in total. The van der Waals surface area contributed by atoms with Gasteiger partial charge in [-0.05, 0) is 46.3 Å². The third-order valence-corrected chi connectivity index (χ3v) is 4.15. The maximum Gasteiger partial charge on any atom is 0.137 e. The zero-order chi connectivity index (χ0) is 11.8. The number of hydrogen-bond donors (Lipinski definition) is 0. The van der Waals surface area contributed by atoms with Crippen molar-refractivity contribution in [1.29, 1.82) is 0 Å². The molecular formula is C13H7BrFNS. The number of nitrogens with zero attached hydrogens (tertiary/aromatic N) is 1. The van der Waals surface area contributed by atoms with E-state index in [2.05, 4.69) is 20.9 Å². The highest BCUT2D eigenvalue weighted by molar-refractivity contribution is 9.10. The van der Waals surface area contributed by atoms with E-state index in [0.717, 1.165) is 20.8 Å². The highest BCUT2D eigenvalue weighted by Gasteiger charge is 2.07. The van der Waals surface area contributed by atoms with Crippen LogP contribution in [-0.2, 0) is 0 Å². The highest BCUT2D eigenvalue weighted by Crippen LogP contribution is 2.31. The van der Waals surface area contributed by atoms with Crippen LogP contribution in [0.2, 0.25) is 0 Å². The maximum atomic E-state index is 13.2. The summed E-state index contributed by atoms with van der Waals surface area (Å²) in [6.07, 6.45) is 0. The normalized spacial score (nSPS) is 10.9. The van der Waals surface area contributed by atoms with Crippen LogP contribution >= 0.6 is 27.3 Å². The summed E-state index contributed by atoms with van der Waals surface area (Å²) in [5, 5.41) is 0.909. The molecule has 17 heavy (non-hydrogen) atoms. The summed E-state index contributed by atoms with van der Waals surface area (Å²) in [5.74, 6) is -0.255. The number of benzene rings is 2. The first-order valence-electron chi connectivity index (χ1n) is 5.05. The van der Waals surface area contributed by atoms with Crippen LogP contribution in [0.15, 0.2) is 46.9 Å². The molecule has 0 amide bonds. The van der Waals surface area contributed by atoms with Crippen LogP contribution in [0.25, 0.3) is 20.8 Å². The van der Waals surface area contributed by atoms with Crippen LogP contribution in [0.4, 0.5) is 4.39 Å². The van der Waals surface area contributed by atoms with E-state index in [1.165, 1.54) is 6.07 Å². The fourth-order valence-corrected chi connectivity index (χ4v) is 2.97. The number of fused-ring (bicyclic) bond motifs is 1. The fraction of sp³-hybridized carbons (Fsp3) is 0. The zero-order valence-corrected chi connectivity index (χ0v) is 11.1. The summed E-state index contributed by atoms with van der Waals surface area (Å²) in [6, 6.07) is 12.9. The predicted octanol–water partition coefficient (Wildman–Crippen LogP) is 4.86. The SMILES string of the molecule is Fc1ccc(-c2nc3ccccc3s2)cc1Br. The second-order valence-electron chi connectivity index (χ2n) is 3.62. The average Bonchev–Trinajstić information content (AvgIpc) is 2.76. The molecule has 0 aliphatic carbocycles. The minimum absolute atomic E-state index is 0.255. The third kappa shape index (κ3) is 1.98. The molecule has 84 valence electrons. The Balaban J connectivity index is 2.17. The lowest BCUT2D eigenvalue weighted by molar-refractivity contribution is 0.621. The topological polar surface area (TPSA) is 12.9 Å². The molecule has 0 bridgehead atoms. The van der Waals surface area contributed by atoms with E-state index in [9.17, 15) is 4.39 Å². The van der Waals surface area contributed by atoms with Crippen LogP contribution in [0.5, 0.6) is 0 Å². The van der Waals surface area contributed by atoms with E-state index in [-0.39, 0.29) is 5.82 Å². The van der Waals surface area contributed by atoms with Gasteiger partial charge in [0.25, 0.3) is 0 Å². The summed E-state index contributed by atoms with van der Waals surface area (Å²) in [6.45, 7) is 0. The Bertz CT molecular complexity index is 660. The summed E-state index contributed by atoms with van der Waals surface area (Å²) in [7, 11) is 0. The average molecular weight is 308 g/mol. The third-order valence-electron chi connectivity index (χ3n) is 2.46. The number of aromatic nitrogens is 1. The van der Waals surface area contributed by atoms with Gasteiger partial charge in [-0.25, -0.2) is 9.37 Å². The van der Waals surface area contributed by atoms with Gasteiger partial charge in [-0.15, -0.1) is 11.3 Å². The van der Waals surface area contributed by atoms with E-state index < -0.39 is 0 Å². The Morgan fingerprint density at radius 1 is 1.12 bits per heavy atom. The van der Waals surface area contributed by atoms with Gasteiger partial charge in [0.1, 0.15) is 10.8 Å². The van der Waals surface area contributed by atoms with Crippen molar-refractivity contribution in [3.05, 3.63) is 52.8 Å². The highest BCUT2D eigenvalue weighted by atomic mass is 79.9. The molecular weight excluding hydrogens is 301 g/mol. The molecule has 0 saturated carbocycles. The first kappa shape index (κ1) is 10.9. The molecule has 0 aliphatic heterocycles. The van der Waals surface area contributed by atoms with E-state index >= 15 is 0 Å². The first-order chi connectivity index (χ1) is 8.24. The molecule has 1 aromatic heterocycles. The van der Waals surface area contributed by atoms with E-state index in [1.807, 2.05) is 24.3 Å². The van der Waals surface area contributed by atoms with Crippen LogP contribution in [0, 0.1) is 5.82 Å². The Morgan fingerprint density at radius 3 is 2.71 bits per heavy atom. The van der Waals surface area contributed by atoms with E-state index in [0.29, 0.717) is 4.47 Å². The molecule has 0 unspecified atom stereocenters. The van der Waals surface area contributed by atoms with Gasteiger partial charge in [-0.2, -0.15) is 0 Å². The van der Waals surface area contributed by atoms with Gasteiger partial charge in [0, 0.05) is 5.56 Å². The van der Waals surface area contributed by atoms with Gasteiger partial charge in [0.05, 0.1) is 14.7 Å². The van der Waals surface area contributed by atoms with Crippen LogP contribution in [0.3, 0.4) is 0 Å². The molecule has 0 saturated heterocycles. The van der Waals surface area contributed by atoms with E-state index in [4.69, 9.17) is 0 Å². The second kappa shape index (κ2) is 4.20. The molecule has 0 atom stereocenters. The van der Waals surface area contributed by atoms with Crippen LogP contribution < -0.4 is 0 Å². The lowest BCUT2D eigenvalue weighted by atomic mass is 10.2. The maximum absolute atomic E-state index is 13.2. The first-order valence-corrected chi connectivity index (χ1v) is 6.66. The molecule has 3 aromatic rings. The van der Waals surface area contributed by atoms with Crippen molar-refractivity contribution >= 4 is 37.5 Å². The van der Waals surface area contributed by atoms with Crippen molar-refractivity contribution in [2.45, 2.75) is 0 Å². The molecule has 1 heterocycles. The van der Waals surface area contributed by atoms with Crippen molar-refractivity contribution in [2.75, 3.05) is 0 Å². The standard InChI is InChI=1S/C13H7BrFNS/c14-9-7-8(5-6-10(9)15)13-16-11-3-1-2-4-12(11)17-13/h1-7H. The summed E-state index contributed by atoms with van der Waals surface area (Å²) in [5.41, 5.74) is 1.91. The number of thiazole rings is 1. The van der Waals surface area contributed by atoms with Crippen molar-refractivity contribution in [1.82, 2.24) is 4.98 Å². The van der Waals surface area contributed by atoms with Crippen molar-refractivity contribution in [3.63, 3.8) is 0 Å². The number of rotatable bonds is 1. The second-order valence-corrected chi connectivity index (χ2v) is 5.50. The molecule has 0 radical (unpaired) electrons. The molecule has 0 aliphatic rings. The van der Waals surface area contributed by atoms with Gasteiger partial charge in [0.15, 0.2) is 0 Å². The zero-order valence-electron chi connectivity index (χ0n) is 8.65. The summed E-state index contributed by atoms with van der Waals surface area (Å²) < 4.78 is 14.8. The smallest absolute Gasteiger partial charge is 0.137 e. The Labute approximate surface area is 110 Å². The minimum Gasteiger partial charge on any atom is -0.236 e. The van der Waals surface area contributed by atoms with Crippen LogP contribution in [0.1, 0.15) is 0 Å². The quantitative estimate of drug-likeness (QED) is 0.625. The van der Waals surface area contributed by atoms with Gasteiger partial charge >= 0.3 is 0 Å². The van der Waals surface area contributed by atoms with E-state index in [1.54, 1.807) is 23.5 Å². The lowest BCUT2D eigenvalue weighted by Crippen LogP contribution is -1.80. The molecule has 0 fully saturated rings. The largest absolute Gasteiger partial charge is 0.236 e. The summed E-state index contributed by atoms with van der Waals surface area (Å²) >= 11 is 4.80. The van der Waals surface area contributed by atoms with Crippen molar-refractivity contribution in [3.8, 4) is 10.6 Å². The van der Waals surface area contributed by atoms with Crippen molar-refractivity contribution < 1.29 is 4.39 Å². The Kier molecular flexibility index (Phi) is 2.68. The number of hydrogen-bond acceptors (Lipinski definition) is 2. The van der Waals surface area contributed by atoms with Gasteiger partial charge in [-0.3, -0.25) is 0 Å². The summed E-state index contributed by atoms with van der Waals surface area (Å²) in [4.78, 5) is 4.53. The molecule has 4 heteroatoms. The van der Waals surface area contributed by atoms with Gasteiger partial charge < -0.3 is 0 Å².